The molecule has 138 valence electrons. The zero-order valence-corrected chi connectivity index (χ0v) is 17.7. The number of hydrogen-bond acceptors (Lipinski definition) is 5. The summed E-state index contributed by atoms with van der Waals surface area (Å²) in [5.41, 5.74) is 0.402. The highest BCUT2D eigenvalue weighted by molar-refractivity contribution is 9.11. The molecule has 2 fully saturated rings. The molecular weight excluding hydrogens is 488 g/mol. The molecule has 0 spiro atoms. The Morgan fingerprint density at radius 2 is 1.88 bits per heavy atom. The molecule has 6 nitrogen and oxygen atoms in total. The Kier molecular flexibility index (Phi) is 6.09. The number of likely N-dealkylation sites (tertiary alicyclic amines) is 1. The predicted octanol–water partition coefficient (Wildman–Crippen LogP) is 3.97. The van der Waals surface area contributed by atoms with Gasteiger partial charge in [-0.15, -0.1) is 0 Å². The molecule has 2 aliphatic rings. The lowest BCUT2D eigenvalue weighted by Gasteiger charge is -2.27. The van der Waals surface area contributed by atoms with Crippen LogP contribution in [-0.4, -0.2) is 51.6 Å². The van der Waals surface area contributed by atoms with Gasteiger partial charge in [0, 0.05) is 23.1 Å². The summed E-state index contributed by atoms with van der Waals surface area (Å²) in [7, 11) is 0. The van der Waals surface area contributed by atoms with Crippen LogP contribution < -0.4 is 0 Å². The first-order valence-corrected chi connectivity index (χ1v) is 10.5. The van der Waals surface area contributed by atoms with Gasteiger partial charge in [0.2, 0.25) is 5.91 Å². The summed E-state index contributed by atoms with van der Waals surface area (Å²) in [6, 6.07) is 3.32. The third-order valence-corrected chi connectivity index (χ3v) is 6.19. The predicted molar refractivity (Wildman–Crippen MR) is 107 cm³/mol. The molecule has 3 rings (SSSR count). The van der Waals surface area contributed by atoms with Gasteiger partial charge in [0.25, 0.3) is 11.1 Å². The van der Waals surface area contributed by atoms with Crippen molar-refractivity contribution in [2.75, 3.05) is 19.6 Å². The van der Waals surface area contributed by atoms with E-state index in [0.717, 1.165) is 35.9 Å². The van der Waals surface area contributed by atoms with Gasteiger partial charge >= 0.3 is 0 Å². The Balaban J connectivity index is 1.77. The molecule has 2 aliphatic heterocycles. The molecule has 0 atom stereocenters. The Morgan fingerprint density at radius 3 is 2.58 bits per heavy atom. The smallest absolute Gasteiger partial charge is 0.294 e. The number of halogens is 2. The number of amides is 3. The maximum atomic E-state index is 12.6. The highest BCUT2D eigenvalue weighted by Crippen LogP contribution is 2.37. The molecule has 1 aromatic carbocycles. The zero-order valence-electron chi connectivity index (χ0n) is 13.7. The summed E-state index contributed by atoms with van der Waals surface area (Å²) in [4.78, 5) is 40.0. The van der Waals surface area contributed by atoms with Crippen LogP contribution in [0.3, 0.4) is 0 Å². The van der Waals surface area contributed by atoms with Gasteiger partial charge < -0.3 is 10.0 Å². The van der Waals surface area contributed by atoms with Crippen LogP contribution in [0, 0.1) is 0 Å². The van der Waals surface area contributed by atoms with Gasteiger partial charge in [-0.1, -0.05) is 15.9 Å². The summed E-state index contributed by atoms with van der Waals surface area (Å²) in [6.45, 7) is 1.10. The second-order valence-corrected chi connectivity index (χ2v) is 8.80. The van der Waals surface area contributed by atoms with Crippen molar-refractivity contribution >= 4 is 66.8 Å². The highest BCUT2D eigenvalue weighted by atomic mass is 79.9. The first-order valence-electron chi connectivity index (χ1n) is 8.08. The Hall–Kier alpha value is -1.32. The lowest BCUT2D eigenvalue weighted by atomic mass is 10.1. The average Bonchev–Trinajstić information content (AvgIpc) is 2.87. The second-order valence-electron chi connectivity index (χ2n) is 6.03. The van der Waals surface area contributed by atoms with Gasteiger partial charge in [0.1, 0.15) is 12.3 Å². The number of thioether (sulfide) groups is 1. The Labute approximate surface area is 171 Å². The number of aromatic hydroxyl groups is 1. The van der Waals surface area contributed by atoms with Crippen LogP contribution in [0.1, 0.15) is 24.8 Å². The molecule has 1 N–H and O–H groups in total. The van der Waals surface area contributed by atoms with E-state index in [1.54, 1.807) is 17.0 Å². The lowest BCUT2D eigenvalue weighted by molar-refractivity contribution is -0.136. The number of benzene rings is 1. The van der Waals surface area contributed by atoms with Gasteiger partial charge in [-0.25, -0.2) is 0 Å². The van der Waals surface area contributed by atoms with Gasteiger partial charge in [-0.05, 0) is 65.2 Å². The molecule has 0 aliphatic carbocycles. The van der Waals surface area contributed by atoms with Crippen molar-refractivity contribution < 1.29 is 19.5 Å². The van der Waals surface area contributed by atoms with E-state index in [4.69, 9.17) is 0 Å². The number of phenolic OH excluding ortho intramolecular Hbond substituents is 1. The zero-order chi connectivity index (χ0) is 18.8. The van der Waals surface area contributed by atoms with Crippen LogP contribution in [0.25, 0.3) is 6.08 Å². The fourth-order valence-corrected chi connectivity index (χ4v) is 4.94. The van der Waals surface area contributed by atoms with Crippen molar-refractivity contribution in [1.82, 2.24) is 9.80 Å². The minimum Gasteiger partial charge on any atom is -0.506 e. The molecule has 0 unspecified atom stereocenters. The molecule has 0 saturated carbocycles. The van der Waals surface area contributed by atoms with E-state index in [1.165, 1.54) is 6.08 Å². The molecule has 2 saturated heterocycles. The third kappa shape index (κ3) is 4.15. The summed E-state index contributed by atoms with van der Waals surface area (Å²) in [5.74, 6) is -0.744. The average molecular weight is 504 g/mol. The standard InChI is InChI=1S/C17H16Br2N2O4S/c18-11-6-10(15(23)12(19)8-11)7-13-16(24)21(17(25)26-13)9-14(22)20-4-2-1-3-5-20/h6-8,23H,1-5,9H2/b13-7-. The summed E-state index contributed by atoms with van der Waals surface area (Å²) >= 11 is 7.33. The SMILES string of the molecule is O=C(CN1C(=O)S/C(=C\c2cc(Br)cc(Br)c2O)C1=O)N1CCCCC1. The summed E-state index contributed by atoms with van der Waals surface area (Å²) in [5, 5.41) is 9.65. The normalized spacial score (nSPS) is 19.5. The largest absolute Gasteiger partial charge is 0.506 e. The third-order valence-electron chi connectivity index (χ3n) is 4.22. The highest BCUT2D eigenvalue weighted by Gasteiger charge is 2.37. The minimum atomic E-state index is -0.513. The minimum absolute atomic E-state index is 0.0237. The van der Waals surface area contributed by atoms with Crippen LogP contribution in [-0.2, 0) is 9.59 Å². The Morgan fingerprint density at radius 1 is 1.19 bits per heavy atom. The Bertz CT molecular complexity index is 806. The quantitative estimate of drug-likeness (QED) is 0.631. The number of carbonyl (C=O) groups excluding carboxylic acids is 3. The summed E-state index contributed by atoms with van der Waals surface area (Å²) < 4.78 is 1.19. The number of piperidine rings is 1. The monoisotopic (exact) mass is 502 g/mol. The molecule has 9 heteroatoms. The van der Waals surface area contributed by atoms with Crippen molar-refractivity contribution in [1.29, 1.82) is 0 Å². The number of imide groups is 1. The number of hydrogen-bond donors (Lipinski definition) is 1. The fraction of sp³-hybridized carbons (Fsp3) is 0.353. The maximum absolute atomic E-state index is 12.6. The van der Waals surface area contributed by atoms with Gasteiger partial charge in [0.05, 0.1) is 9.38 Å². The van der Waals surface area contributed by atoms with Gasteiger partial charge in [-0.3, -0.25) is 19.3 Å². The lowest BCUT2D eigenvalue weighted by Crippen LogP contribution is -2.44. The number of rotatable bonds is 3. The number of phenols is 1. The topological polar surface area (TPSA) is 77.9 Å². The van der Waals surface area contributed by atoms with Crippen molar-refractivity contribution in [2.45, 2.75) is 19.3 Å². The first-order chi connectivity index (χ1) is 12.4. The van der Waals surface area contributed by atoms with Crippen molar-refractivity contribution in [3.8, 4) is 5.75 Å². The van der Waals surface area contributed by atoms with E-state index < -0.39 is 11.1 Å². The molecule has 0 aromatic heterocycles. The van der Waals surface area contributed by atoms with E-state index in [-0.39, 0.29) is 23.1 Å². The second kappa shape index (κ2) is 8.14. The number of nitrogens with zero attached hydrogens (tertiary/aromatic N) is 2. The van der Waals surface area contributed by atoms with Crippen LogP contribution in [0.4, 0.5) is 4.79 Å². The van der Waals surface area contributed by atoms with E-state index in [1.807, 2.05) is 0 Å². The van der Waals surface area contributed by atoms with Gasteiger partial charge in [0.15, 0.2) is 0 Å². The molecule has 26 heavy (non-hydrogen) atoms. The van der Waals surface area contributed by atoms with Crippen LogP contribution in [0.5, 0.6) is 5.75 Å². The summed E-state index contributed by atoms with van der Waals surface area (Å²) in [6.07, 6.45) is 4.45. The fourth-order valence-electron chi connectivity index (χ4n) is 2.85. The van der Waals surface area contributed by atoms with E-state index >= 15 is 0 Å². The van der Waals surface area contributed by atoms with E-state index in [2.05, 4.69) is 31.9 Å². The molecule has 0 radical (unpaired) electrons. The van der Waals surface area contributed by atoms with Crippen molar-refractivity contribution in [3.05, 3.63) is 31.5 Å². The van der Waals surface area contributed by atoms with Gasteiger partial charge in [-0.2, -0.15) is 0 Å². The first kappa shape index (κ1) is 19.4. The van der Waals surface area contributed by atoms with Crippen LogP contribution >= 0.6 is 43.6 Å². The molecule has 2 heterocycles. The van der Waals surface area contributed by atoms with Crippen LogP contribution in [0.2, 0.25) is 0 Å². The van der Waals surface area contributed by atoms with E-state index in [0.29, 0.717) is 27.6 Å². The molecular formula is C17H16Br2N2O4S. The number of carbonyl (C=O) groups is 3. The molecule has 1 aromatic rings. The van der Waals surface area contributed by atoms with Crippen LogP contribution in [0.15, 0.2) is 26.0 Å². The molecule has 0 bridgehead atoms. The van der Waals surface area contributed by atoms with Crippen molar-refractivity contribution in [3.63, 3.8) is 0 Å². The van der Waals surface area contributed by atoms with E-state index in [9.17, 15) is 19.5 Å². The molecule has 3 amide bonds. The maximum Gasteiger partial charge on any atom is 0.294 e. The van der Waals surface area contributed by atoms with Crippen molar-refractivity contribution in [2.24, 2.45) is 0 Å².